The Labute approximate surface area is 363 Å². The first kappa shape index (κ1) is 34.9. The second-order valence-corrected chi connectivity index (χ2v) is 17.2. The summed E-state index contributed by atoms with van der Waals surface area (Å²) in [5, 5.41) is 7.57. The fourth-order valence-electron chi connectivity index (χ4n) is 9.90. The van der Waals surface area contributed by atoms with Gasteiger partial charge >= 0.3 is 0 Å². The molecule has 0 N–H and O–H groups in total. The number of hydrogen-bond acceptors (Lipinski definition) is 3. The van der Waals surface area contributed by atoms with Crippen LogP contribution in [0.2, 0.25) is 0 Å². The van der Waals surface area contributed by atoms with Crippen molar-refractivity contribution in [3.8, 4) is 27.9 Å². The number of fused-ring (bicyclic) bond motifs is 8. The number of aromatic nitrogens is 1. The molecule has 290 valence electrons. The summed E-state index contributed by atoms with van der Waals surface area (Å²) < 4.78 is 4.98. The van der Waals surface area contributed by atoms with Gasteiger partial charge in [-0.1, -0.05) is 127 Å². The smallest absolute Gasteiger partial charge is 0.0546 e. The van der Waals surface area contributed by atoms with Crippen molar-refractivity contribution in [1.29, 1.82) is 0 Å². The van der Waals surface area contributed by atoms with E-state index in [1.807, 2.05) is 11.3 Å². The maximum Gasteiger partial charge on any atom is 0.0546 e. The minimum Gasteiger partial charge on any atom is -0.310 e. The average molecular weight is 808 g/mol. The first-order valence-corrected chi connectivity index (χ1v) is 22.0. The van der Waals surface area contributed by atoms with Crippen LogP contribution in [0.15, 0.2) is 224 Å². The Morgan fingerprint density at radius 3 is 1.81 bits per heavy atom. The third kappa shape index (κ3) is 5.37. The van der Waals surface area contributed by atoms with E-state index in [-0.39, 0.29) is 0 Å². The molecule has 0 saturated heterocycles. The van der Waals surface area contributed by atoms with Gasteiger partial charge in [0.2, 0.25) is 0 Å². The molecule has 0 unspecified atom stereocenters. The van der Waals surface area contributed by atoms with Crippen LogP contribution in [0, 0.1) is 0 Å². The summed E-state index contributed by atoms with van der Waals surface area (Å²) in [4.78, 5) is 4.85. The van der Waals surface area contributed by atoms with Gasteiger partial charge in [0.1, 0.15) is 0 Å². The van der Waals surface area contributed by atoms with Gasteiger partial charge in [0.25, 0.3) is 0 Å². The van der Waals surface area contributed by atoms with E-state index in [4.69, 9.17) is 0 Å². The summed E-state index contributed by atoms with van der Waals surface area (Å²) in [7, 11) is 0. The molecule has 0 saturated carbocycles. The van der Waals surface area contributed by atoms with Crippen molar-refractivity contribution in [2.24, 2.45) is 0 Å². The zero-order chi connectivity index (χ0) is 40.7. The Bertz CT molecular complexity index is 3690. The first-order valence-electron chi connectivity index (χ1n) is 21.2. The van der Waals surface area contributed by atoms with Gasteiger partial charge in [-0.3, -0.25) is 0 Å². The number of anilines is 6. The minimum absolute atomic E-state index is 1.10. The fraction of sp³-hybridized carbons (Fsp3) is 0. The third-order valence-corrected chi connectivity index (χ3v) is 13.8. The van der Waals surface area contributed by atoms with Gasteiger partial charge in [0.05, 0.1) is 22.4 Å². The number of benzene rings is 10. The van der Waals surface area contributed by atoms with Crippen molar-refractivity contribution in [3.63, 3.8) is 0 Å². The van der Waals surface area contributed by atoms with Gasteiger partial charge in [0.15, 0.2) is 0 Å². The number of rotatable bonds is 6. The van der Waals surface area contributed by atoms with Gasteiger partial charge < -0.3 is 14.4 Å². The lowest BCUT2D eigenvalue weighted by Gasteiger charge is -2.34. The Morgan fingerprint density at radius 2 is 0.984 bits per heavy atom. The summed E-state index contributed by atoms with van der Waals surface area (Å²) >= 11 is 1.86. The van der Waals surface area contributed by atoms with Gasteiger partial charge in [0, 0.05) is 70.3 Å². The highest BCUT2D eigenvalue weighted by Crippen LogP contribution is 2.52. The van der Waals surface area contributed by atoms with Crippen LogP contribution < -0.4 is 9.80 Å². The Kier molecular flexibility index (Phi) is 7.78. The standard InChI is InChI=1S/C58H37N3S/c1-3-15-41(16-4-1)60-52-22-9-7-19-46(52)50-36-44(30-33-53(50)60)59(45-31-34-57-51(37-45)48-20-8-10-24-56(48)62-57)43-28-25-38(26-29-43)40-27-32-47-49-21-11-13-39-14-12-23-54(58(39)49)61(55(47)35-40)42-17-5-2-6-18-42/h1-37H. The highest BCUT2D eigenvalue weighted by molar-refractivity contribution is 7.25. The monoisotopic (exact) mass is 807 g/mol. The van der Waals surface area contributed by atoms with Crippen LogP contribution in [0.1, 0.15) is 0 Å². The Morgan fingerprint density at radius 1 is 0.355 bits per heavy atom. The second-order valence-electron chi connectivity index (χ2n) is 16.1. The Balaban J connectivity index is 0.966. The number of nitrogens with zero attached hydrogens (tertiary/aromatic N) is 3. The zero-order valence-electron chi connectivity index (χ0n) is 33.6. The molecule has 0 atom stereocenters. The predicted octanol–water partition coefficient (Wildman–Crippen LogP) is 16.9. The van der Waals surface area contributed by atoms with E-state index in [0.717, 1.165) is 28.4 Å². The Hall–Kier alpha value is -7.92. The maximum absolute atomic E-state index is 2.43. The second kappa shape index (κ2) is 13.8. The average Bonchev–Trinajstić information content (AvgIpc) is 3.88. The quantitative estimate of drug-likeness (QED) is 0.166. The topological polar surface area (TPSA) is 11.4 Å². The third-order valence-electron chi connectivity index (χ3n) is 12.7. The molecule has 1 aliphatic heterocycles. The summed E-state index contributed by atoms with van der Waals surface area (Å²) in [5.74, 6) is 0. The lowest BCUT2D eigenvalue weighted by molar-refractivity contribution is 1.18. The first-order chi connectivity index (χ1) is 30.7. The lowest BCUT2D eigenvalue weighted by Crippen LogP contribution is -2.15. The maximum atomic E-state index is 2.43. The predicted molar refractivity (Wildman–Crippen MR) is 265 cm³/mol. The summed E-state index contributed by atoms with van der Waals surface area (Å²) in [5.41, 5.74) is 15.3. The van der Waals surface area contributed by atoms with E-state index in [0.29, 0.717) is 0 Å². The molecule has 0 amide bonds. The molecule has 2 aromatic heterocycles. The van der Waals surface area contributed by atoms with Crippen LogP contribution in [-0.4, -0.2) is 4.57 Å². The van der Waals surface area contributed by atoms with Gasteiger partial charge in [-0.25, -0.2) is 0 Å². The minimum atomic E-state index is 1.10. The number of thiophene rings is 1. The molecule has 0 aliphatic carbocycles. The van der Waals surface area contributed by atoms with Crippen molar-refractivity contribution < 1.29 is 0 Å². The molecular weight excluding hydrogens is 771 g/mol. The van der Waals surface area contributed by atoms with Gasteiger partial charge in [-0.2, -0.15) is 0 Å². The summed E-state index contributed by atoms with van der Waals surface area (Å²) in [6.07, 6.45) is 0. The van der Waals surface area contributed by atoms with Crippen LogP contribution in [-0.2, 0) is 0 Å². The van der Waals surface area contributed by atoms with E-state index in [1.165, 1.54) is 86.4 Å². The van der Waals surface area contributed by atoms with Crippen LogP contribution >= 0.6 is 11.3 Å². The molecule has 0 spiro atoms. The van der Waals surface area contributed by atoms with Crippen molar-refractivity contribution in [1.82, 2.24) is 4.57 Å². The molecule has 12 aromatic rings. The molecule has 13 rings (SSSR count). The molecule has 10 aromatic carbocycles. The normalized spacial score (nSPS) is 12.2. The lowest BCUT2D eigenvalue weighted by atomic mass is 9.89. The van der Waals surface area contributed by atoms with Crippen molar-refractivity contribution >= 4 is 98.2 Å². The van der Waals surface area contributed by atoms with Crippen molar-refractivity contribution in [2.75, 3.05) is 9.80 Å². The molecule has 0 radical (unpaired) electrons. The molecule has 0 bridgehead atoms. The van der Waals surface area contributed by atoms with Crippen molar-refractivity contribution in [3.05, 3.63) is 224 Å². The fourth-order valence-corrected chi connectivity index (χ4v) is 11.0. The van der Waals surface area contributed by atoms with Crippen molar-refractivity contribution in [2.45, 2.75) is 0 Å². The van der Waals surface area contributed by atoms with E-state index in [2.05, 4.69) is 239 Å². The number of para-hydroxylation sites is 3. The molecule has 3 nitrogen and oxygen atoms in total. The highest BCUT2D eigenvalue weighted by Gasteiger charge is 2.26. The molecule has 62 heavy (non-hydrogen) atoms. The molecule has 4 heteroatoms. The molecule has 0 fully saturated rings. The molecular formula is C58H37N3S. The van der Waals surface area contributed by atoms with E-state index < -0.39 is 0 Å². The van der Waals surface area contributed by atoms with Gasteiger partial charge in [-0.05, 0) is 119 Å². The van der Waals surface area contributed by atoms with Crippen LogP contribution in [0.4, 0.5) is 34.1 Å². The van der Waals surface area contributed by atoms with E-state index in [9.17, 15) is 0 Å². The molecule has 1 aliphatic rings. The molecule has 3 heterocycles. The van der Waals surface area contributed by atoms with Gasteiger partial charge in [-0.15, -0.1) is 11.3 Å². The zero-order valence-corrected chi connectivity index (χ0v) is 34.4. The highest BCUT2D eigenvalue weighted by atomic mass is 32.1. The summed E-state index contributed by atoms with van der Waals surface area (Å²) in [6, 6.07) is 82.3. The van der Waals surface area contributed by atoms with Crippen LogP contribution in [0.25, 0.3) is 80.7 Å². The largest absolute Gasteiger partial charge is 0.310 e. The summed E-state index contributed by atoms with van der Waals surface area (Å²) in [6.45, 7) is 0. The van der Waals surface area contributed by atoms with E-state index in [1.54, 1.807) is 0 Å². The van der Waals surface area contributed by atoms with Crippen LogP contribution in [0.3, 0.4) is 0 Å². The van der Waals surface area contributed by atoms with E-state index >= 15 is 0 Å². The van der Waals surface area contributed by atoms with Crippen LogP contribution in [0.5, 0.6) is 0 Å². The SMILES string of the molecule is c1ccc(N2c3cc(-c4ccc(N(c5ccc6sc7ccccc7c6c5)c5ccc6c(c5)c5ccccc5n6-c5ccccc5)cc4)ccc3-c3cccc4cccc2c34)cc1. The number of hydrogen-bond donors (Lipinski definition) is 0.